The van der Waals surface area contributed by atoms with E-state index in [0.29, 0.717) is 5.82 Å². The van der Waals surface area contributed by atoms with E-state index in [4.69, 9.17) is 4.74 Å². The summed E-state index contributed by atoms with van der Waals surface area (Å²) in [4.78, 5) is 12.9. The molecule has 22 heavy (non-hydrogen) atoms. The Balaban J connectivity index is 1.89. The van der Waals surface area contributed by atoms with E-state index in [1.165, 1.54) is 0 Å². The normalized spacial score (nSPS) is 10.3. The van der Waals surface area contributed by atoms with E-state index in [1.54, 1.807) is 19.5 Å². The van der Waals surface area contributed by atoms with E-state index in [1.807, 2.05) is 49.4 Å². The van der Waals surface area contributed by atoms with Gasteiger partial charge in [-0.25, -0.2) is 9.97 Å². The van der Waals surface area contributed by atoms with Gasteiger partial charge in [-0.1, -0.05) is 0 Å². The van der Waals surface area contributed by atoms with E-state index >= 15 is 0 Å². The second kappa shape index (κ2) is 6.22. The average Bonchev–Trinajstić information content (AvgIpc) is 2.56. The van der Waals surface area contributed by atoms with Gasteiger partial charge in [0, 0.05) is 29.7 Å². The molecule has 0 atom stereocenters. The van der Waals surface area contributed by atoms with Gasteiger partial charge in [0.05, 0.1) is 12.8 Å². The van der Waals surface area contributed by atoms with Crippen molar-refractivity contribution in [2.75, 3.05) is 12.4 Å². The Morgan fingerprint density at radius 3 is 2.36 bits per heavy atom. The van der Waals surface area contributed by atoms with Gasteiger partial charge >= 0.3 is 0 Å². The van der Waals surface area contributed by atoms with Crippen LogP contribution < -0.4 is 10.1 Å². The molecular formula is C17H16N4O. The molecule has 0 unspecified atom stereocenters. The standard InChI is InChI=1S/C17H16N4O/c1-12-19-16(13-7-9-18-10-8-13)11-17(20-12)21-14-3-5-15(22-2)6-4-14/h3-11H,1-2H3,(H,19,20,21). The minimum absolute atomic E-state index is 0.713. The highest BCUT2D eigenvalue weighted by Gasteiger charge is 2.05. The number of nitrogens with zero attached hydrogens (tertiary/aromatic N) is 3. The fourth-order valence-electron chi connectivity index (χ4n) is 2.12. The summed E-state index contributed by atoms with van der Waals surface area (Å²) in [7, 11) is 1.65. The molecule has 5 heteroatoms. The number of methoxy groups -OCH3 is 1. The number of hydrogen-bond donors (Lipinski definition) is 1. The Morgan fingerprint density at radius 2 is 1.68 bits per heavy atom. The quantitative estimate of drug-likeness (QED) is 0.796. The lowest BCUT2D eigenvalue weighted by molar-refractivity contribution is 0.415. The fourth-order valence-corrected chi connectivity index (χ4v) is 2.12. The molecule has 0 aliphatic heterocycles. The van der Waals surface area contributed by atoms with Gasteiger partial charge < -0.3 is 10.1 Å². The minimum Gasteiger partial charge on any atom is -0.497 e. The summed E-state index contributed by atoms with van der Waals surface area (Å²) in [6.07, 6.45) is 3.51. The van der Waals surface area contributed by atoms with Gasteiger partial charge in [0.2, 0.25) is 0 Å². The van der Waals surface area contributed by atoms with Crippen molar-refractivity contribution in [2.45, 2.75) is 6.92 Å². The summed E-state index contributed by atoms with van der Waals surface area (Å²) >= 11 is 0. The number of pyridine rings is 1. The fraction of sp³-hybridized carbons (Fsp3) is 0.118. The topological polar surface area (TPSA) is 59.9 Å². The Kier molecular flexibility index (Phi) is 3.96. The maximum absolute atomic E-state index is 5.16. The van der Waals surface area contributed by atoms with Gasteiger partial charge in [-0.05, 0) is 43.3 Å². The Bertz CT molecular complexity index is 757. The van der Waals surface area contributed by atoms with Gasteiger partial charge in [-0.2, -0.15) is 0 Å². The number of ether oxygens (including phenoxy) is 1. The number of nitrogens with one attached hydrogen (secondary N) is 1. The number of aryl methyl sites for hydroxylation is 1. The lowest BCUT2D eigenvalue weighted by atomic mass is 10.2. The Labute approximate surface area is 129 Å². The van der Waals surface area contributed by atoms with Crippen LogP contribution in [-0.4, -0.2) is 22.1 Å². The molecule has 110 valence electrons. The summed E-state index contributed by atoms with van der Waals surface area (Å²) in [5.74, 6) is 2.29. The van der Waals surface area contributed by atoms with Gasteiger partial charge in [0.1, 0.15) is 17.4 Å². The number of rotatable bonds is 4. The molecule has 0 saturated carbocycles. The molecule has 1 N–H and O–H groups in total. The van der Waals surface area contributed by atoms with Crippen LogP contribution in [0.15, 0.2) is 54.9 Å². The van der Waals surface area contributed by atoms with E-state index in [9.17, 15) is 0 Å². The van der Waals surface area contributed by atoms with Crippen LogP contribution in [0.2, 0.25) is 0 Å². The molecular weight excluding hydrogens is 276 g/mol. The summed E-state index contributed by atoms with van der Waals surface area (Å²) in [5, 5.41) is 3.28. The molecule has 3 aromatic rings. The predicted octanol–water partition coefficient (Wildman–Crippen LogP) is 3.60. The average molecular weight is 292 g/mol. The molecule has 5 nitrogen and oxygen atoms in total. The molecule has 3 rings (SSSR count). The number of anilines is 2. The number of hydrogen-bond acceptors (Lipinski definition) is 5. The van der Waals surface area contributed by atoms with E-state index < -0.39 is 0 Å². The predicted molar refractivity (Wildman–Crippen MR) is 86.3 cm³/mol. The van der Waals surface area contributed by atoms with Crippen LogP contribution in [-0.2, 0) is 0 Å². The third-order valence-corrected chi connectivity index (χ3v) is 3.18. The van der Waals surface area contributed by atoms with E-state index in [-0.39, 0.29) is 0 Å². The molecule has 1 aromatic carbocycles. The van der Waals surface area contributed by atoms with Crippen molar-refractivity contribution < 1.29 is 4.74 Å². The van der Waals surface area contributed by atoms with Crippen LogP contribution in [0.25, 0.3) is 11.3 Å². The van der Waals surface area contributed by atoms with Crippen molar-refractivity contribution in [1.29, 1.82) is 0 Å². The molecule has 0 fully saturated rings. The van der Waals surface area contributed by atoms with Crippen molar-refractivity contribution in [3.05, 3.63) is 60.7 Å². The van der Waals surface area contributed by atoms with Gasteiger partial charge in [0.25, 0.3) is 0 Å². The lowest BCUT2D eigenvalue weighted by Crippen LogP contribution is -1.99. The van der Waals surface area contributed by atoms with Crippen LogP contribution in [0.5, 0.6) is 5.75 Å². The highest BCUT2D eigenvalue weighted by molar-refractivity contribution is 5.65. The highest BCUT2D eigenvalue weighted by Crippen LogP contribution is 2.22. The van der Waals surface area contributed by atoms with Crippen LogP contribution in [0.3, 0.4) is 0 Å². The summed E-state index contributed by atoms with van der Waals surface area (Å²) in [6.45, 7) is 1.88. The minimum atomic E-state index is 0.713. The molecule has 0 radical (unpaired) electrons. The number of benzene rings is 1. The van der Waals surface area contributed by atoms with Crippen molar-refractivity contribution >= 4 is 11.5 Å². The molecule has 2 heterocycles. The molecule has 0 aliphatic carbocycles. The maximum atomic E-state index is 5.16. The van der Waals surface area contributed by atoms with Gasteiger partial charge in [0.15, 0.2) is 0 Å². The molecule has 0 bridgehead atoms. The van der Waals surface area contributed by atoms with Crippen LogP contribution in [0.1, 0.15) is 5.82 Å². The highest BCUT2D eigenvalue weighted by atomic mass is 16.5. The third-order valence-electron chi connectivity index (χ3n) is 3.18. The largest absolute Gasteiger partial charge is 0.497 e. The van der Waals surface area contributed by atoms with E-state index in [2.05, 4.69) is 20.3 Å². The second-order valence-corrected chi connectivity index (χ2v) is 4.78. The van der Waals surface area contributed by atoms with Gasteiger partial charge in [-0.15, -0.1) is 0 Å². The summed E-state index contributed by atoms with van der Waals surface area (Å²) in [5.41, 5.74) is 2.82. The zero-order chi connectivity index (χ0) is 15.4. The molecule has 0 aliphatic rings. The van der Waals surface area contributed by atoms with Crippen molar-refractivity contribution in [3.8, 4) is 17.0 Å². The summed E-state index contributed by atoms with van der Waals surface area (Å²) in [6, 6.07) is 13.5. The Morgan fingerprint density at radius 1 is 0.955 bits per heavy atom. The first kappa shape index (κ1) is 14.0. The molecule has 0 spiro atoms. The molecule has 0 saturated heterocycles. The third kappa shape index (κ3) is 3.20. The first-order chi connectivity index (χ1) is 10.7. The van der Waals surface area contributed by atoms with Crippen molar-refractivity contribution in [2.24, 2.45) is 0 Å². The second-order valence-electron chi connectivity index (χ2n) is 4.78. The Hall–Kier alpha value is -2.95. The molecule has 2 aromatic heterocycles. The monoisotopic (exact) mass is 292 g/mol. The van der Waals surface area contributed by atoms with E-state index in [0.717, 1.165) is 28.5 Å². The van der Waals surface area contributed by atoms with Crippen LogP contribution >= 0.6 is 0 Å². The lowest BCUT2D eigenvalue weighted by Gasteiger charge is -2.09. The van der Waals surface area contributed by atoms with Crippen molar-refractivity contribution in [3.63, 3.8) is 0 Å². The number of aromatic nitrogens is 3. The molecule has 0 amide bonds. The maximum Gasteiger partial charge on any atom is 0.134 e. The van der Waals surface area contributed by atoms with Crippen molar-refractivity contribution in [1.82, 2.24) is 15.0 Å². The first-order valence-electron chi connectivity index (χ1n) is 6.92. The summed E-state index contributed by atoms with van der Waals surface area (Å²) < 4.78 is 5.16. The zero-order valence-electron chi connectivity index (χ0n) is 12.4. The smallest absolute Gasteiger partial charge is 0.134 e. The van der Waals surface area contributed by atoms with Crippen LogP contribution in [0.4, 0.5) is 11.5 Å². The SMILES string of the molecule is COc1ccc(Nc2cc(-c3ccncc3)nc(C)n2)cc1. The van der Waals surface area contributed by atoms with Crippen LogP contribution in [0, 0.1) is 6.92 Å². The van der Waals surface area contributed by atoms with Gasteiger partial charge in [-0.3, -0.25) is 4.98 Å². The first-order valence-corrected chi connectivity index (χ1v) is 6.92. The zero-order valence-corrected chi connectivity index (χ0v) is 12.4.